The maximum absolute atomic E-state index is 12.8. The van der Waals surface area contributed by atoms with Crippen LogP contribution in [-0.2, 0) is 0 Å². The Morgan fingerprint density at radius 2 is 1.60 bits per heavy atom. The number of hydrogen-bond acceptors (Lipinski definition) is 4. The molecule has 0 fully saturated rings. The fourth-order valence-electron chi connectivity index (χ4n) is 1.58. The summed E-state index contributed by atoms with van der Waals surface area (Å²) in [6, 6.07) is 12.0. The molecule has 5 heteroatoms. The molecule has 0 heterocycles. The van der Waals surface area contributed by atoms with E-state index < -0.39 is 5.97 Å². The smallest absolute Gasteiger partial charge is 0.123 e. The average Bonchev–Trinajstić information content (AvgIpc) is 2.46. The van der Waals surface area contributed by atoms with Gasteiger partial charge in [-0.3, -0.25) is 5.43 Å². The number of hydrogen-bond donors (Lipinski definition) is 1. The Morgan fingerprint density at radius 3 is 2.15 bits per heavy atom. The van der Waals surface area contributed by atoms with Crippen molar-refractivity contribution < 1.29 is 14.3 Å². The molecular weight excluding hydrogens is 259 g/mol. The van der Waals surface area contributed by atoms with Crippen molar-refractivity contribution in [3.8, 4) is 0 Å². The number of carbonyl (C=O) groups is 1. The van der Waals surface area contributed by atoms with Crippen LogP contribution in [0.25, 0.3) is 0 Å². The summed E-state index contributed by atoms with van der Waals surface area (Å²) >= 11 is 0. The molecule has 0 saturated heterocycles. The normalized spacial score (nSPS) is 11.2. The Labute approximate surface area is 115 Å². The Hall–Kier alpha value is -2.69. The molecule has 0 radical (unpaired) electrons. The summed E-state index contributed by atoms with van der Waals surface area (Å²) in [7, 11) is 0. The molecule has 0 aliphatic carbocycles. The molecule has 0 spiro atoms. The zero-order valence-electron chi connectivity index (χ0n) is 10.8. The van der Waals surface area contributed by atoms with Gasteiger partial charge < -0.3 is 9.90 Å². The van der Waals surface area contributed by atoms with Gasteiger partial charge in [0, 0.05) is 0 Å². The lowest BCUT2D eigenvalue weighted by Crippen LogP contribution is -2.21. The second-order valence-electron chi connectivity index (χ2n) is 4.18. The van der Waals surface area contributed by atoms with Gasteiger partial charge in [0.25, 0.3) is 0 Å². The number of nitrogens with zero attached hydrogens (tertiary/aromatic N) is 1. The van der Waals surface area contributed by atoms with E-state index in [4.69, 9.17) is 0 Å². The Balaban J connectivity index is 2.08. The minimum Gasteiger partial charge on any atom is -0.545 e. The van der Waals surface area contributed by atoms with Crippen molar-refractivity contribution in [3.63, 3.8) is 0 Å². The predicted octanol–water partition coefficient (Wildman–Crippen LogP) is 2.03. The van der Waals surface area contributed by atoms with Crippen molar-refractivity contribution >= 4 is 17.4 Å². The molecule has 4 nitrogen and oxygen atoms in total. The van der Waals surface area contributed by atoms with Crippen LogP contribution in [0.5, 0.6) is 0 Å². The summed E-state index contributed by atoms with van der Waals surface area (Å²) in [5.41, 5.74) is 5.05. The minimum absolute atomic E-state index is 0.106. The third kappa shape index (κ3) is 3.41. The molecule has 2 rings (SSSR count). The maximum Gasteiger partial charge on any atom is 0.123 e. The summed E-state index contributed by atoms with van der Waals surface area (Å²) in [5.74, 6) is -1.52. The first-order chi connectivity index (χ1) is 9.56. The van der Waals surface area contributed by atoms with Crippen LogP contribution in [0, 0.1) is 5.82 Å². The topological polar surface area (TPSA) is 64.5 Å². The van der Waals surface area contributed by atoms with Gasteiger partial charge in [-0.2, -0.15) is 5.10 Å². The van der Waals surface area contributed by atoms with Crippen LogP contribution < -0.4 is 10.5 Å². The summed E-state index contributed by atoms with van der Waals surface area (Å²) in [6.07, 6.45) is 0. The van der Waals surface area contributed by atoms with Gasteiger partial charge in [0.05, 0.1) is 17.4 Å². The van der Waals surface area contributed by atoms with E-state index in [9.17, 15) is 14.3 Å². The quantitative estimate of drug-likeness (QED) is 0.683. The molecule has 20 heavy (non-hydrogen) atoms. The number of nitrogens with one attached hydrogen (secondary N) is 1. The summed E-state index contributed by atoms with van der Waals surface area (Å²) in [4.78, 5) is 10.6. The van der Waals surface area contributed by atoms with E-state index in [1.807, 2.05) is 0 Å². The molecule has 0 atom stereocenters. The largest absolute Gasteiger partial charge is 0.545 e. The van der Waals surface area contributed by atoms with E-state index in [0.29, 0.717) is 11.4 Å². The SMILES string of the molecule is C/C(=N/Nc1ccc(C(=O)[O-])cc1)c1ccc(F)cc1. The molecule has 0 amide bonds. The first-order valence-corrected chi connectivity index (χ1v) is 5.94. The number of halogens is 1. The van der Waals surface area contributed by atoms with Crippen LogP contribution in [-0.4, -0.2) is 11.7 Å². The van der Waals surface area contributed by atoms with E-state index in [-0.39, 0.29) is 11.4 Å². The Kier molecular flexibility index (Phi) is 4.10. The lowest BCUT2D eigenvalue weighted by Gasteiger charge is -2.06. The van der Waals surface area contributed by atoms with Gasteiger partial charge in [-0.15, -0.1) is 0 Å². The lowest BCUT2D eigenvalue weighted by molar-refractivity contribution is -0.255. The van der Waals surface area contributed by atoms with E-state index in [0.717, 1.165) is 5.56 Å². The number of carboxylic acid groups (broad SMARTS) is 1. The van der Waals surface area contributed by atoms with E-state index in [1.54, 1.807) is 31.2 Å². The van der Waals surface area contributed by atoms with Gasteiger partial charge in [0.2, 0.25) is 0 Å². The highest BCUT2D eigenvalue weighted by Gasteiger charge is 1.98. The summed E-state index contributed by atoms with van der Waals surface area (Å²) in [6.45, 7) is 1.79. The standard InChI is InChI=1S/C15H13FN2O2/c1-10(11-2-6-13(16)7-3-11)17-18-14-8-4-12(5-9-14)15(19)20/h2-9,18H,1H3,(H,19,20)/p-1/b17-10-. The van der Waals surface area contributed by atoms with Crippen LogP contribution in [0.2, 0.25) is 0 Å². The zero-order chi connectivity index (χ0) is 14.5. The molecule has 0 aromatic heterocycles. The highest BCUT2D eigenvalue weighted by molar-refractivity contribution is 5.99. The van der Waals surface area contributed by atoms with Crippen molar-refractivity contribution in [1.29, 1.82) is 0 Å². The van der Waals surface area contributed by atoms with Crippen LogP contribution in [0.3, 0.4) is 0 Å². The van der Waals surface area contributed by atoms with E-state index in [2.05, 4.69) is 10.5 Å². The third-order valence-electron chi connectivity index (χ3n) is 2.74. The number of carbonyl (C=O) groups excluding carboxylic acids is 1. The number of rotatable bonds is 4. The number of hydrazone groups is 1. The van der Waals surface area contributed by atoms with Gasteiger partial charge in [0.1, 0.15) is 5.82 Å². The second kappa shape index (κ2) is 5.97. The van der Waals surface area contributed by atoms with Crippen LogP contribution in [0.1, 0.15) is 22.8 Å². The molecule has 102 valence electrons. The predicted molar refractivity (Wildman–Crippen MR) is 73.0 cm³/mol. The average molecular weight is 271 g/mol. The fraction of sp³-hybridized carbons (Fsp3) is 0.0667. The van der Waals surface area contributed by atoms with Crippen molar-refractivity contribution in [2.24, 2.45) is 5.10 Å². The van der Waals surface area contributed by atoms with Gasteiger partial charge in [0.15, 0.2) is 0 Å². The second-order valence-corrected chi connectivity index (χ2v) is 4.18. The molecule has 2 aromatic carbocycles. The molecule has 0 bridgehead atoms. The molecule has 0 aliphatic heterocycles. The van der Waals surface area contributed by atoms with Crippen LogP contribution in [0.15, 0.2) is 53.6 Å². The summed E-state index contributed by atoms with van der Waals surface area (Å²) in [5, 5.41) is 14.8. The molecular formula is C15H12FN2O2-. The summed E-state index contributed by atoms with van der Waals surface area (Å²) < 4.78 is 12.8. The molecule has 2 aromatic rings. The monoisotopic (exact) mass is 271 g/mol. The third-order valence-corrected chi connectivity index (χ3v) is 2.74. The van der Waals surface area contributed by atoms with Crippen molar-refractivity contribution in [2.75, 3.05) is 5.43 Å². The number of aromatic carboxylic acids is 1. The van der Waals surface area contributed by atoms with E-state index >= 15 is 0 Å². The minimum atomic E-state index is -1.22. The lowest BCUT2D eigenvalue weighted by atomic mass is 10.1. The zero-order valence-corrected chi connectivity index (χ0v) is 10.8. The van der Waals surface area contributed by atoms with E-state index in [1.165, 1.54) is 24.3 Å². The number of anilines is 1. The van der Waals surface area contributed by atoms with Crippen molar-refractivity contribution in [3.05, 3.63) is 65.5 Å². The van der Waals surface area contributed by atoms with Gasteiger partial charge >= 0.3 is 0 Å². The highest BCUT2D eigenvalue weighted by atomic mass is 19.1. The first-order valence-electron chi connectivity index (χ1n) is 5.94. The number of benzene rings is 2. The van der Waals surface area contributed by atoms with Crippen molar-refractivity contribution in [1.82, 2.24) is 0 Å². The van der Waals surface area contributed by atoms with Crippen LogP contribution >= 0.6 is 0 Å². The van der Waals surface area contributed by atoms with Gasteiger partial charge in [-0.25, -0.2) is 4.39 Å². The maximum atomic E-state index is 12.8. The van der Waals surface area contributed by atoms with Crippen molar-refractivity contribution in [2.45, 2.75) is 6.92 Å². The molecule has 0 unspecified atom stereocenters. The van der Waals surface area contributed by atoms with Gasteiger partial charge in [-0.1, -0.05) is 24.3 Å². The number of carboxylic acids is 1. The van der Waals surface area contributed by atoms with Crippen LogP contribution in [0.4, 0.5) is 10.1 Å². The van der Waals surface area contributed by atoms with Gasteiger partial charge in [-0.05, 0) is 42.3 Å². The molecule has 0 saturated carbocycles. The highest BCUT2D eigenvalue weighted by Crippen LogP contribution is 2.10. The fourth-order valence-corrected chi connectivity index (χ4v) is 1.58. The Bertz CT molecular complexity index is 634. The Morgan fingerprint density at radius 1 is 1.05 bits per heavy atom. The molecule has 0 aliphatic rings. The first kappa shape index (κ1) is 13.7. The molecule has 1 N–H and O–H groups in total.